The van der Waals surface area contributed by atoms with Gasteiger partial charge in [-0.2, -0.15) is 0 Å². The van der Waals surface area contributed by atoms with Crippen LogP contribution in [0.3, 0.4) is 0 Å². The highest BCUT2D eigenvalue weighted by Gasteiger charge is 2.16. The van der Waals surface area contributed by atoms with E-state index in [1.165, 1.54) is 6.92 Å². The summed E-state index contributed by atoms with van der Waals surface area (Å²) in [7, 11) is 0. The van der Waals surface area contributed by atoms with Gasteiger partial charge in [0.2, 0.25) is 0 Å². The SMILES string of the molecule is Cc1nc(CBr)cc(C(F)F)c1F. The zero-order valence-corrected chi connectivity index (χ0v) is 8.41. The summed E-state index contributed by atoms with van der Waals surface area (Å²) in [5, 5.41) is 0.341. The van der Waals surface area contributed by atoms with Crippen LogP contribution in [0.25, 0.3) is 0 Å². The summed E-state index contributed by atoms with van der Waals surface area (Å²) in [5.74, 6) is -0.917. The Labute approximate surface area is 82.1 Å². The maximum Gasteiger partial charge on any atom is 0.266 e. The average Bonchev–Trinajstić information content (AvgIpc) is 2.09. The van der Waals surface area contributed by atoms with Crippen molar-refractivity contribution in [1.29, 1.82) is 0 Å². The van der Waals surface area contributed by atoms with Gasteiger partial charge in [0, 0.05) is 5.33 Å². The quantitative estimate of drug-likeness (QED) is 0.737. The highest BCUT2D eigenvalue weighted by molar-refractivity contribution is 9.08. The van der Waals surface area contributed by atoms with E-state index in [4.69, 9.17) is 0 Å². The van der Waals surface area contributed by atoms with Gasteiger partial charge >= 0.3 is 0 Å². The molecule has 13 heavy (non-hydrogen) atoms. The molecule has 72 valence electrons. The largest absolute Gasteiger partial charge is 0.266 e. The first kappa shape index (κ1) is 10.5. The minimum Gasteiger partial charge on any atom is -0.254 e. The Bertz CT molecular complexity index is 315. The van der Waals surface area contributed by atoms with E-state index in [9.17, 15) is 13.2 Å². The molecule has 0 radical (unpaired) electrons. The first-order valence-corrected chi connectivity index (χ1v) is 4.68. The molecule has 0 saturated carbocycles. The van der Waals surface area contributed by atoms with Crippen LogP contribution < -0.4 is 0 Å². The molecule has 0 saturated heterocycles. The topological polar surface area (TPSA) is 12.9 Å². The Morgan fingerprint density at radius 3 is 2.62 bits per heavy atom. The molecule has 1 aromatic rings. The fourth-order valence-electron chi connectivity index (χ4n) is 0.976. The van der Waals surface area contributed by atoms with Gasteiger partial charge in [0.15, 0.2) is 5.82 Å². The third-order valence-corrected chi connectivity index (χ3v) is 2.15. The number of nitrogens with zero attached hydrogens (tertiary/aromatic N) is 1. The number of rotatable bonds is 2. The van der Waals surface area contributed by atoms with Crippen LogP contribution in [-0.2, 0) is 5.33 Å². The van der Waals surface area contributed by atoms with Crippen molar-refractivity contribution in [3.8, 4) is 0 Å². The zero-order valence-electron chi connectivity index (χ0n) is 6.82. The first-order valence-electron chi connectivity index (χ1n) is 3.56. The molecular formula is C8H7BrF3N. The van der Waals surface area contributed by atoms with Gasteiger partial charge in [-0.15, -0.1) is 0 Å². The summed E-state index contributed by atoms with van der Waals surface area (Å²) in [6, 6.07) is 1.07. The Morgan fingerprint density at radius 2 is 2.15 bits per heavy atom. The molecule has 0 bridgehead atoms. The second-order valence-corrected chi connectivity index (χ2v) is 3.10. The highest BCUT2D eigenvalue weighted by atomic mass is 79.9. The van der Waals surface area contributed by atoms with Gasteiger partial charge < -0.3 is 0 Å². The molecule has 0 aliphatic heterocycles. The normalized spacial score (nSPS) is 10.9. The second kappa shape index (κ2) is 4.09. The molecule has 0 aromatic carbocycles. The van der Waals surface area contributed by atoms with E-state index < -0.39 is 17.8 Å². The van der Waals surface area contributed by atoms with Crippen molar-refractivity contribution in [2.45, 2.75) is 18.7 Å². The molecule has 0 atom stereocenters. The van der Waals surface area contributed by atoms with E-state index >= 15 is 0 Å². The Morgan fingerprint density at radius 1 is 1.54 bits per heavy atom. The van der Waals surface area contributed by atoms with Crippen molar-refractivity contribution < 1.29 is 13.2 Å². The van der Waals surface area contributed by atoms with Crippen molar-refractivity contribution in [2.75, 3.05) is 0 Å². The van der Waals surface area contributed by atoms with Crippen molar-refractivity contribution in [1.82, 2.24) is 4.98 Å². The van der Waals surface area contributed by atoms with Crippen LogP contribution in [-0.4, -0.2) is 4.98 Å². The fourth-order valence-corrected chi connectivity index (χ4v) is 1.26. The van der Waals surface area contributed by atoms with Crippen LogP contribution >= 0.6 is 15.9 Å². The predicted molar refractivity (Wildman–Crippen MR) is 46.5 cm³/mol. The van der Waals surface area contributed by atoms with Gasteiger partial charge in [0.05, 0.1) is 17.0 Å². The second-order valence-electron chi connectivity index (χ2n) is 2.54. The molecule has 1 nitrogen and oxygen atoms in total. The van der Waals surface area contributed by atoms with Crippen LogP contribution in [0.4, 0.5) is 13.2 Å². The summed E-state index contributed by atoms with van der Waals surface area (Å²) < 4.78 is 37.5. The maximum atomic E-state index is 13.0. The molecule has 1 aromatic heterocycles. The van der Waals surface area contributed by atoms with Crippen molar-refractivity contribution in [3.63, 3.8) is 0 Å². The average molecular weight is 254 g/mol. The lowest BCUT2D eigenvalue weighted by Gasteiger charge is -2.06. The summed E-state index contributed by atoms with van der Waals surface area (Å²) in [6.45, 7) is 1.37. The molecule has 0 aliphatic rings. The number of pyridine rings is 1. The monoisotopic (exact) mass is 253 g/mol. The molecular weight excluding hydrogens is 247 g/mol. The van der Waals surface area contributed by atoms with Crippen molar-refractivity contribution in [3.05, 3.63) is 28.8 Å². The highest BCUT2D eigenvalue weighted by Crippen LogP contribution is 2.24. The molecule has 0 unspecified atom stereocenters. The lowest BCUT2D eigenvalue weighted by Crippen LogP contribution is -2.00. The van der Waals surface area contributed by atoms with E-state index in [0.717, 1.165) is 6.07 Å². The van der Waals surface area contributed by atoms with Crippen LogP contribution in [0, 0.1) is 12.7 Å². The maximum absolute atomic E-state index is 13.0. The minimum absolute atomic E-state index is 0.00671. The number of hydrogen-bond donors (Lipinski definition) is 0. The van der Waals surface area contributed by atoms with Gasteiger partial charge in [0.1, 0.15) is 0 Å². The van der Waals surface area contributed by atoms with Crippen LogP contribution in [0.5, 0.6) is 0 Å². The first-order chi connectivity index (χ1) is 6.06. The van der Waals surface area contributed by atoms with Gasteiger partial charge in [0.25, 0.3) is 6.43 Å². The number of hydrogen-bond acceptors (Lipinski definition) is 1. The van der Waals surface area contributed by atoms with Crippen LogP contribution in [0.15, 0.2) is 6.07 Å². The summed E-state index contributed by atoms with van der Waals surface area (Å²) in [4.78, 5) is 3.78. The molecule has 0 amide bonds. The van der Waals surface area contributed by atoms with Gasteiger partial charge in [-0.1, -0.05) is 15.9 Å². The molecule has 0 N–H and O–H groups in total. The van der Waals surface area contributed by atoms with Crippen LogP contribution in [0.2, 0.25) is 0 Å². The van der Waals surface area contributed by atoms with E-state index in [0.29, 0.717) is 11.0 Å². The molecule has 0 spiro atoms. The van der Waals surface area contributed by atoms with Crippen molar-refractivity contribution in [2.24, 2.45) is 0 Å². The van der Waals surface area contributed by atoms with E-state index in [1.54, 1.807) is 0 Å². The molecule has 0 aliphatic carbocycles. The number of alkyl halides is 3. The Hall–Kier alpha value is -0.580. The van der Waals surface area contributed by atoms with Gasteiger partial charge in [-0.25, -0.2) is 13.2 Å². The van der Waals surface area contributed by atoms with Gasteiger partial charge in [-0.3, -0.25) is 4.98 Å². The van der Waals surface area contributed by atoms with Crippen LogP contribution in [0.1, 0.15) is 23.4 Å². The minimum atomic E-state index is -2.79. The lowest BCUT2D eigenvalue weighted by molar-refractivity contribution is 0.146. The predicted octanol–water partition coefficient (Wildman–Crippen LogP) is 3.36. The number of aryl methyl sites for hydroxylation is 1. The number of aromatic nitrogens is 1. The van der Waals surface area contributed by atoms with Gasteiger partial charge in [-0.05, 0) is 13.0 Å². The Balaban J connectivity index is 3.25. The standard InChI is InChI=1S/C8H7BrF3N/c1-4-7(10)6(8(11)12)2-5(3-9)13-4/h2,8H,3H2,1H3. The Kier molecular flexibility index (Phi) is 3.30. The van der Waals surface area contributed by atoms with E-state index in [1.807, 2.05) is 0 Å². The number of halogens is 4. The molecule has 1 rings (SSSR count). The third kappa shape index (κ3) is 2.21. The molecule has 0 fully saturated rings. The third-order valence-electron chi connectivity index (χ3n) is 1.58. The smallest absolute Gasteiger partial charge is 0.254 e. The molecule has 5 heteroatoms. The van der Waals surface area contributed by atoms with Crippen molar-refractivity contribution >= 4 is 15.9 Å². The fraction of sp³-hybridized carbons (Fsp3) is 0.375. The molecule has 1 heterocycles. The lowest BCUT2D eigenvalue weighted by atomic mass is 10.2. The summed E-state index contributed by atoms with van der Waals surface area (Å²) in [5.41, 5.74) is -0.164. The summed E-state index contributed by atoms with van der Waals surface area (Å²) in [6.07, 6.45) is -2.79. The van der Waals surface area contributed by atoms with E-state index in [-0.39, 0.29) is 5.69 Å². The zero-order chi connectivity index (χ0) is 10.0. The van der Waals surface area contributed by atoms with E-state index in [2.05, 4.69) is 20.9 Å². The summed E-state index contributed by atoms with van der Waals surface area (Å²) >= 11 is 3.07.